The van der Waals surface area contributed by atoms with Gasteiger partial charge < -0.3 is 9.47 Å². The van der Waals surface area contributed by atoms with Gasteiger partial charge in [0.15, 0.2) is 5.75 Å². The second-order valence-corrected chi connectivity index (χ2v) is 7.36. The Morgan fingerprint density at radius 2 is 1.75 bits per heavy atom. The second-order valence-electron chi connectivity index (χ2n) is 6.52. The third kappa shape index (κ3) is 5.12. The highest BCUT2D eigenvalue weighted by atomic mass is 35.5. The summed E-state index contributed by atoms with van der Waals surface area (Å²) in [4.78, 5) is 24.9. The molecule has 0 bridgehead atoms. The van der Waals surface area contributed by atoms with Crippen LogP contribution in [0, 0.1) is 17.8 Å². The first-order valence-corrected chi connectivity index (χ1v) is 8.97. The molecule has 4 nitrogen and oxygen atoms in total. The molecular formula is C18H22Cl2O4. The summed E-state index contributed by atoms with van der Waals surface area (Å²) in [5.74, 6) is -1.26. The summed E-state index contributed by atoms with van der Waals surface area (Å²) in [5, 5.41) is 0.737. The summed E-state index contributed by atoms with van der Waals surface area (Å²) in [7, 11) is 0. The third-order valence-electron chi connectivity index (χ3n) is 4.03. The fraction of sp³-hybridized carbons (Fsp3) is 0.556. The van der Waals surface area contributed by atoms with E-state index in [1.54, 1.807) is 12.1 Å². The molecule has 0 N–H and O–H groups in total. The lowest BCUT2D eigenvalue weighted by Crippen LogP contribution is -2.36. The summed E-state index contributed by atoms with van der Waals surface area (Å²) in [6, 6.07) is 4.69. The molecule has 1 aromatic carbocycles. The molecular weight excluding hydrogens is 351 g/mol. The van der Waals surface area contributed by atoms with Gasteiger partial charge in [-0.1, -0.05) is 49.9 Å². The van der Waals surface area contributed by atoms with Crippen molar-refractivity contribution in [1.82, 2.24) is 0 Å². The van der Waals surface area contributed by atoms with Gasteiger partial charge in [0, 0.05) is 11.1 Å². The fourth-order valence-electron chi connectivity index (χ4n) is 2.79. The Morgan fingerprint density at radius 3 is 2.38 bits per heavy atom. The zero-order valence-electron chi connectivity index (χ0n) is 13.9. The number of hydrogen-bond donors (Lipinski definition) is 0. The monoisotopic (exact) mass is 372 g/mol. The van der Waals surface area contributed by atoms with Crippen molar-refractivity contribution >= 4 is 35.1 Å². The van der Waals surface area contributed by atoms with Crippen LogP contribution in [-0.4, -0.2) is 18.5 Å². The summed E-state index contributed by atoms with van der Waals surface area (Å²) in [6.45, 7) is 4.30. The van der Waals surface area contributed by atoms with Gasteiger partial charge in [0.1, 0.15) is 0 Å². The zero-order valence-corrected chi connectivity index (χ0v) is 15.4. The highest BCUT2D eigenvalue weighted by Gasteiger charge is 2.38. The molecule has 0 heterocycles. The van der Waals surface area contributed by atoms with E-state index in [0.717, 1.165) is 12.8 Å². The molecule has 0 spiro atoms. The molecule has 1 aromatic rings. The highest BCUT2D eigenvalue weighted by molar-refractivity contribution is 6.34. The minimum atomic E-state index is -0.506. The maximum Gasteiger partial charge on any atom is 0.315 e. The molecule has 1 saturated carbocycles. The average Bonchev–Trinajstić information content (AvgIpc) is 2.56. The molecule has 2 unspecified atom stereocenters. The summed E-state index contributed by atoms with van der Waals surface area (Å²) < 4.78 is 10.7. The van der Waals surface area contributed by atoms with Crippen molar-refractivity contribution < 1.29 is 19.1 Å². The Balaban J connectivity index is 2.07. The maximum atomic E-state index is 12.6. The van der Waals surface area contributed by atoms with Crippen LogP contribution in [0.5, 0.6) is 5.75 Å². The predicted octanol–water partition coefficient (Wildman–Crippen LogP) is 4.90. The standard InChI is InChI=1S/C18H22Cl2O4/c1-11(2)10-23-17(21)13-5-3-4-6-14(13)18(22)24-16-9-12(19)7-8-15(16)20/h7-9,11,13-14H,3-6,10H2,1-2H3. The van der Waals surface area contributed by atoms with Gasteiger partial charge in [0.2, 0.25) is 0 Å². The minimum absolute atomic E-state index is 0.217. The molecule has 132 valence electrons. The van der Waals surface area contributed by atoms with Crippen LogP contribution in [0.2, 0.25) is 10.0 Å². The average molecular weight is 373 g/mol. The van der Waals surface area contributed by atoms with Crippen LogP contribution >= 0.6 is 23.2 Å². The van der Waals surface area contributed by atoms with Crippen molar-refractivity contribution in [2.45, 2.75) is 39.5 Å². The number of esters is 2. The lowest BCUT2D eigenvalue weighted by Gasteiger charge is -2.28. The predicted molar refractivity (Wildman–Crippen MR) is 93.3 cm³/mol. The van der Waals surface area contributed by atoms with Crippen LogP contribution in [0.4, 0.5) is 0 Å². The van der Waals surface area contributed by atoms with Crippen molar-refractivity contribution in [3.8, 4) is 5.75 Å². The molecule has 2 rings (SSSR count). The fourth-order valence-corrected chi connectivity index (χ4v) is 3.11. The van der Waals surface area contributed by atoms with E-state index in [4.69, 9.17) is 32.7 Å². The molecule has 1 aliphatic rings. The van der Waals surface area contributed by atoms with E-state index < -0.39 is 17.8 Å². The molecule has 0 aliphatic heterocycles. The van der Waals surface area contributed by atoms with E-state index in [-0.39, 0.29) is 17.6 Å². The first-order chi connectivity index (χ1) is 11.4. The topological polar surface area (TPSA) is 52.6 Å². The Kier molecular flexibility index (Phi) is 6.93. The molecule has 0 radical (unpaired) electrons. The molecule has 2 atom stereocenters. The molecule has 24 heavy (non-hydrogen) atoms. The molecule has 6 heteroatoms. The van der Waals surface area contributed by atoms with E-state index >= 15 is 0 Å². The number of carbonyl (C=O) groups is 2. The lowest BCUT2D eigenvalue weighted by molar-refractivity contribution is -0.159. The summed E-state index contributed by atoms with van der Waals surface area (Å²) >= 11 is 11.9. The molecule has 1 fully saturated rings. The van der Waals surface area contributed by atoms with Crippen molar-refractivity contribution in [2.24, 2.45) is 17.8 Å². The van der Waals surface area contributed by atoms with Crippen LogP contribution in [0.3, 0.4) is 0 Å². The first kappa shape index (κ1) is 19.1. The Labute approximate surface area is 152 Å². The highest BCUT2D eigenvalue weighted by Crippen LogP contribution is 2.34. The Bertz CT molecular complexity index is 601. The third-order valence-corrected chi connectivity index (χ3v) is 4.58. The van der Waals surface area contributed by atoms with Gasteiger partial charge in [0.05, 0.1) is 23.5 Å². The summed E-state index contributed by atoms with van der Waals surface area (Å²) in [5.41, 5.74) is 0. The van der Waals surface area contributed by atoms with Crippen molar-refractivity contribution in [1.29, 1.82) is 0 Å². The Hall–Kier alpha value is -1.26. The van der Waals surface area contributed by atoms with Gasteiger partial charge >= 0.3 is 11.9 Å². The van der Waals surface area contributed by atoms with E-state index in [1.165, 1.54) is 6.07 Å². The van der Waals surface area contributed by atoms with E-state index in [1.807, 2.05) is 13.8 Å². The maximum absolute atomic E-state index is 12.6. The van der Waals surface area contributed by atoms with Crippen LogP contribution in [0.15, 0.2) is 18.2 Å². The number of benzene rings is 1. The van der Waals surface area contributed by atoms with Crippen LogP contribution in [-0.2, 0) is 14.3 Å². The normalized spacial score (nSPS) is 20.7. The van der Waals surface area contributed by atoms with Crippen molar-refractivity contribution in [3.05, 3.63) is 28.2 Å². The lowest BCUT2D eigenvalue weighted by atomic mass is 9.79. The number of hydrogen-bond acceptors (Lipinski definition) is 4. The molecule has 0 aromatic heterocycles. The largest absolute Gasteiger partial charge is 0.465 e. The Morgan fingerprint density at radius 1 is 1.12 bits per heavy atom. The van der Waals surface area contributed by atoms with E-state index in [0.29, 0.717) is 29.5 Å². The minimum Gasteiger partial charge on any atom is -0.465 e. The molecule has 0 amide bonds. The zero-order chi connectivity index (χ0) is 17.7. The number of carbonyl (C=O) groups excluding carboxylic acids is 2. The molecule has 1 aliphatic carbocycles. The second kappa shape index (κ2) is 8.72. The number of halogens is 2. The van der Waals surface area contributed by atoms with E-state index in [2.05, 4.69) is 0 Å². The van der Waals surface area contributed by atoms with Gasteiger partial charge in [-0.2, -0.15) is 0 Å². The van der Waals surface area contributed by atoms with Gasteiger partial charge in [-0.05, 0) is 30.9 Å². The van der Waals surface area contributed by atoms with Crippen molar-refractivity contribution in [2.75, 3.05) is 6.61 Å². The molecule has 0 saturated heterocycles. The van der Waals surface area contributed by atoms with Gasteiger partial charge in [-0.25, -0.2) is 0 Å². The van der Waals surface area contributed by atoms with E-state index in [9.17, 15) is 9.59 Å². The number of rotatable bonds is 5. The van der Waals surface area contributed by atoms with Gasteiger partial charge in [0.25, 0.3) is 0 Å². The van der Waals surface area contributed by atoms with Crippen LogP contribution in [0.25, 0.3) is 0 Å². The summed E-state index contributed by atoms with van der Waals surface area (Å²) in [6.07, 6.45) is 3.04. The van der Waals surface area contributed by atoms with Crippen LogP contribution < -0.4 is 4.74 Å². The SMILES string of the molecule is CC(C)COC(=O)C1CCCCC1C(=O)Oc1cc(Cl)ccc1Cl. The smallest absolute Gasteiger partial charge is 0.315 e. The van der Waals surface area contributed by atoms with Crippen molar-refractivity contribution in [3.63, 3.8) is 0 Å². The quantitative estimate of drug-likeness (QED) is 0.544. The first-order valence-electron chi connectivity index (χ1n) is 8.22. The van der Waals surface area contributed by atoms with Gasteiger partial charge in [-0.15, -0.1) is 0 Å². The van der Waals surface area contributed by atoms with Gasteiger partial charge in [-0.3, -0.25) is 9.59 Å². The number of ether oxygens (including phenoxy) is 2. The van der Waals surface area contributed by atoms with Crippen LogP contribution in [0.1, 0.15) is 39.5 Å².